The summed E-state index contributed by atoms with van der Waals surface area (Å²) in [5.41, 5.74) is 0.967. The van der Waals surface area contributed by atoms with Crippen LogP contribution in [-0.2, 0) is 4.84 Å². The van der Waals surface area contributed by atoms with Crippen LogP contribution in [0.1, 0.15) is 20.7 Å². The highest BCUT2D eigenvalue weighted by molar-refractivity contribution is 6.33. The van der Waals surface area contributed by atoms with E-state index in [0.29, 0.717) is 11.0 Å². The zero-order valence-electron chi connectivity index (χ0n) is 13.4. The Balaban J connectivity index is 1.70. The molecule has 2 N–H and O–H groups in total. The van der Waals surface area contributed by atoms with E-state index < -0.39 is 11.9 Å². The molecule has 3 rings (SSSR count). The molecule has 7 nitrogen and oxygen atoms in total. The Morgan fingerprint density at radius 3 is 2.23 bits per heavy atom. The highest BCUT2D eigenvalue weighted by atomic mass is 35.5. The number of nitrogens with zero attached hydrogens (tertiary/aromatic N) is 3. The summed E-state index contributed by atoms with van der Waals surface area (Å²) < 4.78 is 0. The highest BCUT2D eigenvalue weighted by Crippen LogP contribution is 2.17. The number of hydrazine groups is 1. The van der Waals surface area contributed by atoms with Crippen LogP contribution >= 0.6 is 11.6 Å². The predicted molar refractivity (Wildman–Crippen MR) is 94.7 cm³/mol. The van der Waals surface area contributed by atoms with Gasteiger partial charge in [0.15, 0.2) is 5.82 Å². The Morgan fingerprint density at radius 2 is 1.58 bits per heavy atom. The van der Waals surface area contributed by atoms with E-state index in [2.05, 4.69) is 9.97 Å². The number of halogens is 1. The average molecular weight is 369 g/mol. The average Bonchev–Trinajstić information content (AvgIpc) is 2.68. The second kappa shape index (κ2) is 7.73. The van der Waals surface area contributed by atoms with Crippen LogP contribution in [0.25, 0.3) is 11.4 Å². The van der Waals surface area contributed by atoms with Gasteiger partial charge in [-0.05, 0) is 12.1 Å². The van der Waals surface area contributed by atoms with Crippen LogP contribution in [0.3, 0.4) is 0 Å². The van der Waals surface area contributed by atoms with Gasteiger partial charge in [-0.25, -0.2) is 20.6 Å². The molecule has 0 fully saturated rings. The third-order valence-corrected chi connectivity index (χ3v) is 3.73. The topological polar surface area (TPSA) is 98.4 Å². The summed E-state index contributed by atoms with van der Waals surface area (Å²) >= 11 is 5.93. The first kappa shape index (κ1) is 17.5. The van der Waals surface area contributed by atoms with Crippen molar-refractivity contribution in [2.45, 2.75) is 0 Å². The third kappa shape index (κ3) is 3.85. The molecule has 0 unspecified atom stereocenters. The summed E-state index contributed by atoms with van der Waals surface area (Å²) in [5, 5.41) is 0.522. The lowest BCUT2D eigenvalue weighted by molar-refractivity contribution is -0.0829. The minimum atomic E-state index is -0.868. The van der Waals surface area contributed by atoms with Crippen molar-refractivity contribution in [3.8, 4) is 11.4 Å². The number of amides is 1. The molecule has 0 saturated heterocycles. The maximum atomic E-state index is 12.2. The fraction of sp³-hybridized carbons (Fsp3) is 0. The molecule has 0 bridgehead atoms. The zero-order chi connectivity index (χ0) is 18.5. The van der Waals surface area contributed by atoms with E-state index in [-0.39, 0.29) is 16.1 Å². The Labute approximate surface area is 153 Å². The summed E-state index contributed by atoms with van der Waals surface area (Å²) in [6.07, 6.45) is 2.59. The summed E-state index contributed by atoms with van der Waals surface area (Å²) in [6, 6.07) is 15.6. The van der Waals surface area contributed by atoms with Crippen molar-refractivity contribution in [2.75, 3.05) is 0 Å². The van der Waals surface area contributed by atoms with Crippen molar-refractivity contribution in [3.05, 3.63) is 83.1 Å². The molecule has 0 aliphatic heterocycles. The molecule has 0 radical (unpaired) electrons. The smallest absolute Gasteiger partial charge is 0.317 e. The van der Waals surface area contributed by atoms with Crippen LogP contribution in [0.15, 0.2) is 67.0 Å². The van der Waals surface area contributed by atoms with Gasteiger partial charge in [0, 0.05) is 18.0 Å². The minimum Gasteiger partial charge on any atom is -0.317 e. The summed E-state index contributed by atoms with van der Waals surface area (Å²) in [4.78, 5) is 37.4. The number of hydrogen-bond donors (Lipinski definition) is 1. The third-order valence-electron chi connectivity index (χ3n) is 3.41. The van der Waals surface area contributed by atoms with Gasteiger partial charge in [0.1, 0.15) is 0 Å². The van der Waals surface area contributed by atoms with Crippen LogP contribution in [0.4, 0.5) is 0 Å². The SMILES string of the molecule is NN(OC(=O)c1cnc(-c2ccccc2)nc1)C(=O)c1ccccc1Cl. The van der Waals surface area contributed by atoms with Crippen LogP contribution in [0.5, 0.6) is 0 Å². The standard InChI is InChI=1S/C18H13ClN4O3/c19-15-9-5-4-8-14(15)17(24)23(20)26-18(25)13-10-21-16(22-11-13)12-6-2-1-3-7-12/h1-11H,20H2. The minimum absolute atomic E-state index is 0.0482. The van der Waals surface area contributed by atoms with Gasteiger partial charge in [0.25, 0.3) is 0 Å². The van der Waals surface area contributed by atoms with Crippen LogP contribution in [0, 0.1) is 0 Å². The van der Waals surface area contributed by atoms with E-state index in [4.69, 9.17) is 22.3 Å². The predicted octanol–water partition coefficient (Wildman–Crippen LogP) is 2.88. The molecule has 0 spiro atoms. The Morgan fingerprint density at radius 1 is 0.962 bits per heavy atom. The lowest BCUT2D eigenvalue weighted by Gasteiger charge is -2.15. The summed E-state index contributed by atoms with van der Waals surface area (Å²) in [5.74, 6) is 4.35. The van der Waals surface area contributed by atoms with E-state index in [0.717, 1.165) is 5.56 Å². The van der Waals surface area contributed by atoms with Gasteiger partial charge in [-0.1, -0.05) is 59.2 Å². The van der Waals surface area contributed by atoms with E-state index in [1.807, 2.05) is 30.3 Å². The number of carbonyl (C=O) groups excluding carboxylic acids is 2. The molecule has 1 heterocycles. The van der Waals surface area contributed by atoms with Gasteiger partial charge < -0.3 is 4.84 Å². The Kier molecular flexibility index (Phi) is 5.21. The second-order valence-corrected chi connectivity index (χ2v) is 5.56. The number of benzene rings is 2. The number of aromatic nitrogens is 2. The Bertz CT molecular complexity index is 933. The molecule has 0 saturated carbocycles. The van der Waals surface area contributed by atoms with Gasteiger partial charge in [-0.3, -0.25) is 4.79 Å². The van der Waals surface area contributed by atoms with E-state index in [1.165, 1.54) is 24.5 Å². The maximum Gasteiger partial charge on any atom is 0.368 e. The van der Waals surface area contributed by atoms with Crippen LogP contribution in [-0.4, -0.2) is 27.0 Å². The number of nitrogens with two attached hydrogens (primary N) is 1. The van der Waals surface area contributed by atoms with Gasteiger partial charge in [0.2, 0.25) is 0 Å². The van der Waals surface area contributed by atoms with Crippen LogP contribution < -0.4 is 5.84 Å². The van der Waals surface area contributed by atoms with Crippen molar-refractivity contribution in [1.82, 2.24) is 15.1 Å². The fourth-order valence-corrected chi connectivity index (χ4v) is 2.32. The van der Waals surface area contributed by atoms with Gasteiger partial charge in [-0.2, -0.15) is 0 Å². The molecule has 0 atom stereocenters. The fourth-order valence-electron chi connectivity index (χ4n) is 2.11. The molecular formula is C18H13ClN4O3. The van der Waals surface area contributed by atoms with Crippen molar-refractivity contribution in [1.29, 1.82) is 0 Å². The van der Waals surface area contributed by atoms with E-state index in [1.54, 1.807) is 12.1 Å². The molecule has 1 aromatic heterocycles. The molecule has 1 amide bonds. The normalized spacial score (nSPS) is 10.2. The van der Waals surface area contributed by atoms with Gasteiger partial charge >= 0.3 is 11.9 Å². The van der Waals surface area contributed by atoms with E-state index in [9.17, 15) is 9.59 Å². The number of hydroxylamine groups is 1. The first-order valence-electron chi connectivity index (χ1n) is 7.49. The lowest BCUT2D eigenvalue weighted by Crippen LogP contribution is -2.39. The van der Waals surface area contributed by atoms with E-state index >= 15 is 0 Å². The first-order valence-corrected chi connectivity index (χ1v) is 7.87. The molecule has 3 aromatic rings. The Hall–Kier alpha value is -3.29. The number of carbonyl (C=O) groups is 2. The van der Waals surface area contributed by atoms with Crippen molar-refractivity contribution < 1.29 is 14.4 Å². The maximum absolute atomic E-state index is 12.2. The largest absolute Gasteiger partial charge is 0.368 e. The monoisotopic (exact) mass is 368 g/mol. The lowest BCUT2D eigenvalue weighted by atomic mass is 10.2. The number of hydrogen-bond acceptors (Lipinski definition) is 6. The van der Waals surface area contributed by atoms with Crippen molar-refractivity contribution >= 4 is 23.5 Å². The quantitative estimate of drug-likeness (QED) is 0.433. The number of rotatable bonds is 3. The van der Waals surface area contributed by atoms with Crippen LogP contribution in [0.2, 0.25) is 5.02 Å². The van der Waals surface area contributed by atoms with Crippen molar-refractivity contribution in [2.24, 2.45) is 5.84 Å². The van der Waals surface area contributed by atoms with Gasteiger partial charge in [-0.15, -0.1) is 0 Å². The molecule has 26 heavy (non-hydrogen) atoms. The molecule has 8 heteroatoms. The first-order chi connectivity index (χ1) is 12.6. The molecule has 0 aliphatic rings. The molecule has 0 aliphatic carbocycles. The summed E-state index contributed by atoms with van der Waals surface area (Å²) in [7, 11) is 0. The second-order valence-electron chi connectivity index (χ2n) is 5.15. The zero-order valence-corrected chi connectivity index (χ0v) is 14.1. The summed E-state index contributed by atoms with van der Waals surface area (Å²) in [6.45, 7) is 0. The van der Waals surface area contributed by atoms with Crippen molar-refractivity contribution in [3.63, 3.8) is 0 Å². The highest BCUT2D eigenvalue weighted by Gasteiger charge is 2.21. The molecule has 2 aromatic carbocycles. The van der Waals surface area contributed by atoms with Gasteiger partial charge in [0.05, 0.1) is 16.1 Å². The molecular weight excluding hydrogens is 356 g/mol. The molecule has 130 valence electrons.